The van der Waals surface area contributed by atoms with Crippen LogP contribution < -0.4 is 5.32 Å². The Hall–Kier alpha value is -3.46. The van der Waals surface area contributed by atoms with Gasteiger partial charge in [0.15, 0.2) is 5.65 Å². The summed E-state index contributed by atoms with van der Waals surface area (Å²) in [5.41, 5.74) is 3.38. The number of aryl methyl sites for hydroxylation is 1. The number of fused-ring (bicyclic) bond motifs is 3. The van der Waals surface area contributed by atoms with Crippen LogP contribution in [0.1, 0.15) is 12.5 Å². The van der Waals surface area contributed by atoms with Crippen LogP contribution in [0, 0.1) is 0 Å². The van der Waals surface area contributed by atoms with Crippen LogP contribution in [0.15, 0.2) is 59.8 Å². The maximum atomic E-state index is 12.6. The van der Waals surface area contributed by atoms with Crippen LogP contribution in [0.2, 0.25) is 0 Å². The Morgan fingerprint density at radius 3 is 2.62 bits per heavy atom. The first-order valence-corrected chi connectivity index (χ1v) is 11.3. The molecular formula is C23H23N5O3S. The molecule has 0 unspecified atom stereocenters. The fourth-order valence-corrected chi connectivity index (χ4v) is 4.10. The molecule has 4 rings (SSSR count). The monoisotopic (exact) mass is 449 g/mol. The van der Waals surface area contributed by atoms with Crippen LogP contribution in [0.25, 0.3) is 22.1 Å². The van der Waals surface area contributed by atoms with Gasteiger partial charge < -0.3 is 14.6 Å². The Kier molecular flexibility index (Phi) is 6.65. The van der Waals surface area contributed by atoms with Crippen LogP contribution in [0.5, 0.6) is 0 Å². The maximum Gasteiger partial charge on any atom is 0.328 e. The molecule has 9 heteroatoms. The Balaban J connectivity index is 1.44. The lowest BCUT2D eigenvalue weighted by molar-refractivity contribution is -0.147. The van der Waals surface area contributed by atoms with E-state index >= 15 is 0 Å². The number of rotatable bonds is 8. The minimum Gasteiger partial charge on any atom is -0.464 e. The van der Waals surface area contributed by atoms with E-state index in [2.05, 4.69) is 20.5 Å². The lowest BCUT2D eigenvalue weighted by Gasteiger charge is -2.17. The molecule has 2 aromatic heterocycles. The standard InChI is InChI=1S/C23H23N5O3S/c1-3-31-22(30)17(13-15-9-5-4-6-10-15)24-19(29)14-32-23-25-21-20(26-27-23)16-11-7-8-12-18(16)28(21)2/h4-12,17H,3,13-14H2,1-2H3,(H,24,29)/t17-/m1/s1. The van der Waals surface area contributed by atoms with Gasteiger partial charge in [-0.3, -0.25) is 4.79 Å². The number of benzene rings is 2. The van der Waals surface area contributed by atoms with Crippen LogP contribution in [0.3, 0.4) is 0 Å². The molecule has 2 aromatic carbocycles. The highest BCUT2D eigenvalue weighted by Crippen LogP contribution is 2.25. The SMILES string of the molecule is CCOC(=O)[C@@H](Cc1ccccc1)NC(=O)CSc1nnc2c3ccccc3n(C)c2n1. The molecule has 1 N–H and O–H groups in total. The largest absolute Gasteiger partial charge is 0.464 e. The van der Waals surface area contributed by atoms with E-state index < -0.39 is 12.0 Å². The summed E-state index contributed by atoms with van der Waals surface area (Å²) in [5.74, 6) is -0.698. The molecule has 2 heterocycles. The van der Waals surface area contributed by atoms with Gasteiger partial charge in [-0.05, 0) is 18.6 Å². The summed E-state index contributed by atoms with van der Waals surface area (Å²) in [6.07, 6.45) is 0.357. The average molecular weight is 450 g/mol. The van der Waals surface area contributed by atoms with Gasteiger partial charge in [-0.2, -0.15) is 0 Å². The summed E-state index contributed by atoms with van der Waals surface area (Å²) in [6, 6.07) is 16.6. The highest BCUT2D eigenvalue weighted by molar-refractivity contribution is 7.99. The molecule has 0 aliphatic heterocycles. The molecule has 0 fully saturated rings. The first-order valence-electron chi connectivity index (χ1n) is 10.3. The van der Waals surface area contributed by atoms with Crippen molar-refractivity contribution in [1.82, 2.24) is 25.1 Å². The first-order chi connectivity index (χ1) is 15.6. The van der Waals surface area contributed by atoms with Gasteiger partial charge >= 0.3 is 5.97 Å². The predicted molar refractivity (Wildman–Crippen MR) is 123 cm³/mol. The van der Waals surface area contributed by atoms with E-state index in [0.717, 1.165) is 22.0 Å². The molecule has 0 saturated heterocycles. The van der Waals surface area contributed by atoms with Crippen LogP contribution in [0.4, 0.5) is 0 Å². The second-order valence-corrected chi connectivity index (χ2v) is 8.14. The molecule has 0 radical (unpaired) electrons. The Morgan fingerprint density at radius 1 is 1.09 bits per heavy atom. The normalized spacial score (nSPS) is 12.1. The molecule has 8 nitrogen and oxygen atoms in total. The van der Waals surface area contributed by atoms with Gasteiger partial charge in [0.25, 0.3) is 0 Å². The third-order valence-corrected chi connectivity index (χ3v) is 5.85. The topological polar surface area (TPSA) is 99.0 Å². The number of nitrogens with one attached hydrogen (secondary N) is 1. The van der Waals surface area contributed by atoms with E-state index in [9.17, 15) is 9.59 Å². The smallest absolute Gasteiger partial charge is 0.328 e. The summed E-state index contributed by atoms with van der Waals surface area (Å²) in [4.78, 5) is 29.5. The van der Waals surface area contributed by atoms with E-state index in [1.54, 1.807) is 6.92 Å². The van der Waals surface area contributed by atoms with Gasteiger partial charge in [0.2, 0.25) is 11.1 Å². The molecule has 164 valence electrons. The zero-order valence-corrected chi connectivity index (χ0v) is 18.6. The van der Waals surface area contributed by atoms with E-state index in [-0.39, 0.29) is 18.3 Å². The van der Waals surface area contributed by atoms with Crippen LogP contribution in [-0.4, -0.2) is 50.0 Å². The van der Waals surface area contributed by atoms with Crippen molar-refractivity contribution >= 4 is 45.7 Å². The molecule has 0 spiro atoms. The third kappa shape index (κ3) is 4.72. The Bertz CT molecular complexity index is 1260. The zero-order chi connectivity index (χ0) is 22.5. The molecule has 0 aliphatic carbocycles. The summed E-state index contributed by atoms with van der Waals surface area (Å²) in [5, 5.41) is 12.6. The number of hydrogen-bond acceptors (Lipinski definition) is 7. The van der Waals surface area contributed by atoms with Crippen molar-refractivity contribution in [1.29, 1.82) is 0 Å². The van der Waals surface area contributed by atoms with E-state index in [1.165, 1.54) is 11.8 Å². The van der Waals surface area contributed by atoms with Crippen molar-refractivity contribution in [2.45, 2.75) is 24.5 Å². The molecule has 0 aliphatic rings. The number of thioether (sulfide) groups is 1. The second-order valence-electron chi connectivity index (χ2n) is 7.19. The number of para-hydroxylation sites is 1. The zero-order valence-electron chi connectivity index (χ0n) is 17.8. The fourth-order valence-electron chi connectivity index (χ4n) is 3.51. The Labute approximate surface area is 189 Å². The van der Waals surface area contributed by atoms with Crippen molar-refractivity contribution < 1.29 is 14.3 Å². The van der Waals surface area contributed by atoms with Crippen molar-refractivity contribution in [3.63, 3.8) is 0 Å². The first kappa shape index (κ1) is 21.8. The van der Waals surface area contributed by atoms with Crippen molar-refractivity contribution in [3.05, 3.63) is 60.2 Å². The second kappa shape index (κ2) is 9.78. The van der Waals surface area contributed by atoms with Crippen LogP contribution >= 0.6 is 11.8 Å². The van der Waals surface area contributed by atoms with Gasteiger partial charge in [0, 0.05) is 18.9 Å². The van der Waals surface area contributed by atoms with Gasteiger partial charge in [0.1, 0.15) is 11.6 Å². The minimum absolute atomic E-state index is 0.0574. The molecular weight excluding hydrogens is 426 g/mol. The lowest BCUT2D eigenvalue weighted by Crippen LogP contribution is -2.44. The number of ether oxygens (including phenoxy) is 1. The van der Waals surface area contributed by atoms with E-state index in [0.29, 0.717) is 17.2 Å². The number of esters is 1. The molecule has 0 bridgehead atoms. The molecule has 1 atom stereocenters. The number of aromatic nitrogens is 4. The maximum absolute atomic E-state index is 12.6. The molecule has 4 aromatic rings. The average Bonchev–Trinajstić information content (AvgIpc) is 3.10. The summed E-state index contributed by atoms with van der Waals surface area (Å²) < 4.78 is 7.09. The number of carbonyl (C=O) groups is 2. The van der Waals surface area contributed by atoms with E-state index in [4.69, 9.17) is 4.74 Å². The number of amides is 1. The van der Waals surface area contributed by atoms with Crippen molar-refractivity contribution in [3.8, 4) is 0 Å². The summed E-state index contributed by atoms with van der Waals surface area (Å²) in [6.45, 7) is 1.99. The number of carbonyl (C=O) groups excluding carboxylic acids is 2. The Morgan fingerprint density at radius 2 is 1.84 bits per heavy atom. The van der Waals surface area contributed by atoms with Gasteiger partial charge in [-0.15, -0.1) is 10.2 Å². The molecule has 1 amide bonds. The van der Waals surface area contributed by atoms with Crippen molar-refractivity contribution in [2.75, 3.05) is 12.4 Å². The minimum atomic E-state index is -0.759. The number of nitrogens with zero attached hydrogens (tertiary/aromatic N) is 4. The number of hydrogen-bond donors (Lipinski definition) is 1. The fraction of sp³-hybridized carbons (Fsp3) is 0.261. The predicted octanol–water partition coefficient (Wildman–Crippen LogP) is 2.90. The summed E-state index contributed by atoms with van der Waals surface area (Å²) in [7, 11) is 1.92. The van der Waals surface area contributed by atoms with Gasteiger partial charge in [-0.25, -0.2) is 9.78 Å². The van der Waals surface area contributed by atoms with Gasteiger partial charge in [-0.1, -0.05) is 60.3 Å². The van der Waals surface area contributed by atoms with E-state index in [1.807, 2.05) is 66.2 Å². The third-order valence-electron chi connectivity index (χ3n) is 5.01. The highest BCUT2D eigenvalue weighted by Gasteiger charge is 2.23. The van der Waals surface area contributed by atoms with Gasteiger partial charge in [0.05, 0.1) is 17.9 Å². The lowest BCUT2D eigenvalue weighted by atomic mass is 10.1. The summed E-state index contributed by atoms with van der Waals surface area (Å²) >= 11 is 1.17. The molecule has 0 saturated carbocycles. The van der Waals surface area contributed by atoms with Crippen molar-refractivity contribution in [2.24, 2.45) is 7.05 Å². The van der Waals surface area contributed by atoms with Crippen LogP contribution in [-0.2, 0) is 27.8 Å². The highest BCUT2D eigenvalue weighted by atomic mass is 32.2. The quantitative estimate of drug-likeness (QED) is 0.326. The molecule has 32 heavy (non-hydrogen) atoms.